The first kappa shape index (κ1) is 12.7. The topological polar surface area (TPSA) is 32.3 Å². The summed E-state index contributed by atoms with van der Waals surface area (Å²) >= 11 is 3.51. The summed E-state index contributed by atoms with van der Waals surface area (Å²) < 4.78 is 1.07. The second-order valence-electron chi connectivity index (χ2n) is 3.67. The van der Waals surface area contributed by atoms with E-state index < -0.39 is 0 Å². The zero-order chi connectivity index (χ0) is 11.1. The first-order valence-electron chi connectivity index (χ1n) is 5.42. The Labute approximate surface area is 99.8 Å². The van der Waals surface area contributed by atoms with Crippen LogP contribution in [0.15, 0.2) is 22.7 Å². The van der Waals surface area contributed by atoms with E-state index in [1.807, 2.05) is 12.1 Å². The molecule has 0 aliphatic heterocycles. The van der Waals surface area contributed by atoms with Crippen LogP contribution in [0, 0.1) is 0 Å². The van der Waals surface area contributed by atoms with Crippen molar-refractivity contribution >= 4 is 15.9 Å². The number of nitrogens with one attached hydrogen (secondary N) is 1. The molecule has 1 aromatic rings. The minimum absolute atomic E-state index is 0.503. The molecule has 0 saturated carbocycles. The quantitative estimate of drug-likeness (QED) is 0.612. The fourth-order valence-electron chi connectivity index (χ4n) is 1.68. The Kier molecular flexibility index (Phi) is 5.91. The number of halogens is 1. The van der Waals surface area contributed by atoms with Gasteiger partial charge in [-0.15, -0.1) is 0 Å². The van der Waals surface area contributed by atoms with Crippen LogP contribution in [-0.2, 0) is 13.0 Å². The summed E-state index contributed by atoms with van der Waals surface area (Å²) in [6, 6.07) is 6.19. The van der Waals surface area contributed by atoms with E-state index in [9.17, 15) is 0 Å². The third-order valence-electron chi connectivity index (χ3n) is 2.52. The molecule has 0 bridgehead atoms. The van der Waals surface area contributed by atoms with E-state index in [2.05, 4.69) is 34.4 Å². The van der Waals surface area contributed by atoms with Crippen LogP contribution in [-0.4, -0.2) is 5.21 Å². The highest BCUT2D eigenvalue weighted by atomic mass is 79.9. The van der Waals surface area contributed by atoms with Gasteiger partial charge >= 0.3 is 0 Å². The zero-order valence-electron chi connectivity index (χ0n) is 9.09. The molecule has 0 aliphatic rings. The molecule has 0 aliphatic carbocycles. The number of hydroxylamine groups is 1. The SMILES string of the molecule is CCCCCc1cccc(Br)c1CNO. The van der Waals surface area contributed by atoms with Crippen molar-refractivity contribution in [1.82, 2.24) is 5.48 Å². The molecule has 84 valence electrons. The molecule has 2 nitrogen and oxygen atoms in total. The van der Waals surface area contributed by atoms with Crippen LogP contribution in [0.25, 0.3) is 0 Å². The van der Waals surface area contributed by atoms with Gasteiger partial charge in [0.05, 0.1) is 0 Å². The highest BCUT2D eigenvalue weighted by molar-refractivity contribution is 9.10. The molecule has 0 heterocycles. The molecule has 2 N–H and O–H groups in total. The van der Waals surface area contributed by atoms with Crippen LogP contribution in [0.4, 0.5) is 0 Å². The monoisotopic (exact) mass is 271 g/mol. The second-order valence-corrected chi connectivity index (χ2v) is 4.52. The number of rotatable bonds is 6. The summed E-state index contributed by atoms with van der Waals surface area (Å²) in [7, 11) is 0. The summed E-state index contributed by atoms with van der Waals surface area (Å²) in [5.41, 5.74) is 4.71. The van der Waals surface area contributed by atoms with Gasteiger partial charge in [-0.05, 0) is 30.0 Å². The van der Waals surface area contributed by atoms with Crippen molar-refractivity contribution in [2.45, 2.75) is 39.2 Å². The van der Waals surface area contributed by atoms with Crippen LogP contribution >= 0.6 is 15.9 Å². The van der Waals surface area contributed by atoms with Gasteiger partial charge in [0.15, 0.2) is 0 Å². The number of unbranched alkanes of at least 4 members (excludes halogenated alkanes) is 2. The van der Waals surface area contributed by atoms with E-state index in [4.69, 9.17) is 5.21 Å². The maximum atomic E-state index is 8.77. The van der Waals surface area contributed by atoms with Crippen LogP contribution < -0.4 is 5.48 Å². The van der Waals surface area contributed by atoms with Crippen molar-refractivity contribution in [3.05, 3.63) is 33.8 Å². The summed E-state index contributed by atoms with van der Waals surface area (Å²) in [5, 5.41) is 8.77. The molecule has 1 aromatic carbocycles. The molecular weight excluding hydrogens is 254 g/mol. The number of benzene rings is 1. The highest BCUT2D eigenvalue weighted by Crippen LogP contribution is 2.22. The Balaban J connectivity index is 2.71. The van der Waals surface area contributed by atoms with Crippen LogP contribution in [0.3, 0.4) is 0 Å². The van der Waals surface area contributed by atoms with E-state index in [0.29, 0.717) is 6.54 Å². The van der Waals surface area contributed by atoms with Gasteiger partial charge in [0.1, 0.15) is 0 Å². The fraction of sp³-hybridized carbons (Fsp3) is 0.500. The van der Waals surface area contributed by atoms with Crippen molar-refractivity contribution in [2.75, 3.05) is 0 Å². The molecule has 1 rings (SSSR count). The summed E-state index contributed by atoms with van der Waals surface area (Å²) in [6.07, 6.45) is 4.80. The molecular formula is C12H18BrNO. The molecule has 0 saturated heterocycles. The average Bonchev–Trinajstić information content (AvgIpc) is 2.23. The van der Waals surface area contributed by atoms with Crippen molar-refractivity contribution in [3.8, 4) is 0 Å². The lowest BCUT2D eigenvalue weighted by molar-refractivity contribution is 0.161. The average molecular weight is 272 g/mol. The molecule has 0 aromatic heterocycles. The van der Waals surface area contributed by atoms with E-state index in [1.54, 1.807) is 0 Å². The Bertz CT molecular complexity index is 302. The summed E-state index contributed by atoms with van der Waals surface area (Å²) in [6.45, 7) is 2.71. The van der Waals surface area contributed by atoms with Gasteiger partial charge in [0, 0.05) is 11.0 Å². The van der Waals surface area contributed by atoms with E-state index in [-0.39, 0.29) is 0 Å². The van der Waals surface area contributed by atoms with Crippen molar-refractivity contribution < 1.29 is 5.21 Å². The number of aryl methyl sites for hydroxylation is 1. The molecule has 0 unspecified atom stereocenters. The molecule has 0 radical (unpaired) electrons. The van der Waals surface area contributed by atoms with Crippen molar-refractivity contribution in [3.63, 3.8) is 0 Å². The number of hydrogen-bond acceptors (Lipinski definition) is 2. The van der Waals surface area contributed by atoms with E-state index in [1.165, 1.54) is 24.8 Å². The van der Waals surface area contributed by atoms with Crippen molar-refractivity contribution in [2.24, 2.45) is 0 Å². The predicted molar refractivity (Wildman–Crippen MR) is 66.0 cm³/mol. The molecule has 0 spiro atoms. The van der Waals surface area contributed by atoms with Gasteiger partial charge in [-0.1, -0.05) is 47.8 Å². The Morgan fingerprint density at radius 3 is 2.80 bits per heavy atom. The Hall–Kier alpha value is -0.380. The van der Waals surface area contributed by atoms with Gasteiger partial charge in [0.2, 0.25) is 0 Å². The lowest BCUT2D eigenvalue weighted by Gasteiger charge is -2.10. The van der Waals surface area contributed by atoms with Crippen LogP contribution in [0.5, 0.6) is 0 Å². The second kappa shape index (κ2) is 6.99. The van der Waals surface area contributed by atoms with Gasteiger partial charge in [-0.3, -0.25) is 0 Å². The minimum atomic E-state index is 0.503. The first-order chi connectivity index (χ1) is 7.29. The molecule has 0 atom stereocenters. The highest BCUT2D eigenvalue weighted by Gasteiger charge is 2.05. The zero-order valence-corrected chi connectivity index (χ0v) is 10.7. The lowest BCUT2D eigenvalue weighted by Crippen LogP contribution is -2.09. The lowest BCUT2D eigenvalue weighted by atomic mass is 10.0. The molecule has 0 fully saturated rings. The molecule has 3 heteroatoms. The fourth-order valence-corrected chi connectivity index (χ4v) is 2.23. The Morgan fingerprint density at radius 1 is 1.33 bits per heavy atom. The van der Waals surface area contributed by atoms with E-state index >= 15 is 0 Å². The maximum Gasteiger partial charge on any atom is 0.0471 e. The third-order valence-corrected chi connectivity index (χ3v) is 3.26. The predicted octanol–water partition coefficient (Wildman–Crippen LogP) is 3.66. The van der Waals surface area contributed by atoms with Crippen molar-refractivity contribution in [1.29, 1.82) is 0 Å². The van der Waals surface area contributed by atoms with Gasteiger partial charge in [0.25, 0.3) is 0 Å². The maximum absolute atomic E-state index is 8.77. The van der Waals surface area contributed by atoms with E-state index in [0.717, 1.165) is 16.5 Å². The Morgan fingerprint density at radius 2 is 2.13 bits per heavy atom. The summed E-state index contributed by atoms with van der Waals surface area (Å²) in [5.74, 6) is 0. The first-order valence-corrected chi connectivity index (χ1v) is 6.22. The van der Waals surface area contributed by atoms with Crippen LogP contribution in [0.2, 0.25) is 0 Å². The normalized spacial score (nSPS) is 10.6. The van der Waals surface area contributed by atoms with Gasteiger partial charge in [-0.25, -0.2) is 5.48 Å². The third kappa shape index (κ3) is 3.93. The van der Waals surface area contributed by atoms with Gasteiger partial charge in [-0.2, -0.15) is 0 Å². The summed E-state index contributed by atoms with van der Waals surface area (Å²) in [4.78, 5) is 0. The minimum Gasteiger partial charge on any atom is -0.316 e. The van der Waals surface area contributed by atoms with Crippen LogP contribution in [0.1, 0.15) is 37.3 Å². The molecule has 15 heavy (non-hydrogen) atoms. The molecule has 0 amide bonds. The smallest absolute Gasteiger partial charge is 0.0471 e. The van der Waals surface area contributed by atoms with Gasteiger partial charge < -0.3 is 5.21 Å². The standard InChI is InChI=1S/C12H18BrNO/c1-2-3-4-6-10-7-5-8-12(13)11(10)9-14-15/h5,7-8,14-15H,2-4,6,9H2,1H3. The number of hydrogen-bond donors (Lipinski definition) is 2. The largest absolute Gasteiger partial charge is 0.316 e.